The third-order valence-corrected chi connectivity index (χ3v) is 3.77. The monoisotopic (exact) mass is 363 g/mol. The molecule has 3 rings (SSSR count). The lowest BCUT2D eigenvalue weighted by Crippen LogP contribution is -2.20. The van der Waals surface area contributed by atoms with Crippen LogP contribution < -0.4 is 15.8 Å². The summed E-state index contributed by atoms with van der Waals surface area (Å²) in [6, 6.07) is 14.9. The number of carbonyl (C=O) groups excluding carboxylic acids is 1. The average Bonchev–Trinajstić information content (AvgIpc) is 2.98. The SMILES string of the molecule is Cc1ccc(NC(=O)COc2ccccc2C=Nn2cc(C)nc2N)cc1. The van der Waals surface area contributed by atoms with E-state index in [9.17, 15) is 4.79 Å². The highest BCUT2D eigenvalue weighted by atomic mass is 16.5. The van der Waals surface area contributed by atoms with E-state index in [1.807, 2.05) is 56.3 Å². The molecule has 0 saturated carbocycles. The third-order valence-electron chi connectivity index (χ3n) is 3.77. The van der Waals surface area contributed by atoms with Gasteiger partial charge in [0.15, 0.2) is 6.61 Å². The van der Waals surface area contributed by atoms with Gasteiger partial charge in [0.25, 0.3) is 5.91 Å². The average molecular weight is 363 g/mol. The number of anilines is 2. The van der Waals surface area contributed by atoms with Gasteiger partial charge >= 0.3 is 0 Å². The van der Waals surface area contributed by atoms with Gasteiger partial charge in [0.1, 0.15) is 5.75 Å². The predicted molar refractivity (Wildman–Crippen MR) is 106 cm³/mol. The molecule has 2 aromatic carbocycles. The fraction of sp³-hybridized carbons (Fsp3) is 0.150. The van der Waals surface area contributed by atoms with E-state index in [-0.39, 0.29) is 12.5 Å². The van der Waals surface area contributed by atoms with Crippen molar-refractivity contribution >= 4 is 23.8 Å². The van der Waals surface area contributed by atoms with Crippen molar-refractivity contribution in [3.8, 4) is 5.75 Å². The maximum Gasteiger partial charge on any atom is 0.262 e. The van der Waals surface area contributed by atoms with Gasteiger partial charge in [0.2, 0.25) is 5.95 Å². The maximum atomic E-state index is 12.1. The second-order valence-electron chi connectivity index (χ2n) is 6.07. The van der Waals surface area contributed by atoms with Crippen LogP contribution in [0.2, 0.25) is 0 Å². The Bertz CT molecular complexity index is 961. The van der Waals surface area contributed by atoms with Gasteiger partial charge in [-0.25, -0.2) is 9.66 Å². The number of amides is 1. The van der Waals surface area contributed by atoms with Crippen molar-refractivity contribution in [3.05, 3.63) is 71.5 Å². The van der Waals surface area contributed by atoms with Crippen molar-refractivity contribution in [2.45, 2.75) is 13.8 Å². The molecule has 0 aliphatic heterocycles. The molecule has 138 valence electrons. The van der Waals surface area contributed by atoms with Crippen molar-refractivity contribution in [2.24, 2.45) is 5.10 Å². The molecule has 0 radical (unpaired) electrons. The molecule has 1 heterocycles. The van der Waals surface area contributed by atoms with Crippen molar-refractivity contribution < 1.29 is 9.53 Å². The Morgan fingerprint density at radius 1 is 1.22 bits per heavy atom. The third kappa shape index (κ3) is 4.94. The lowest BCUT2D eigenvalue weighted by atomic mass is 10.2. The highest BCUT2D eigenvalue weighted by Gasteiger charge is 2.07. The number of hydrogen-bond donors (Lipinski definition) is 2. The number of para-hydroxylation sites is 1. The fourth-order valence-corrected chi connectivity index (χ4v) is 2.42. The Labute approximate surface area is 157 Å². The molecule has 3 N–H and O–H groups in total. The number of aromatic nitrogens is 2. The van der Waals surface area contributed by atoms with E-state index < -0.39 is 0 Å². The quantitative estimate of drug-likeness (QED) is 0.658. The first-order valence-electron chi connectivity index (χ1n) is 8.45. The molecule has 0 unspecified atom stereocenters. The second-order valence-corrected chi connectivity index (χ2v) is 6.07. The first-order valence-corrected chi connectivity index (χ1v) is 8.45. The number of imidazole rings is 1. The number of nitrogen functional groups attached to an aromatic ring is 1. The molecule has 0 spiro atoms. The normalized spacial score (nSPS) is 10.9. The molecule has 1 amide bonds. The lowest BCUT2D eigenvalue weighted by molar-refractivity contribution is -0.118. The minimum absolute atomic E-state index is 0.106. The molecular weight excluding hydrogens is 342 g/mol. The number of nitrogens with one attached hydrogen (secondary N) is 1. The summed E-state index contributed by atoms with van der Waals surface area (Å²) in [7, 11) is 0. The van der Waals surface area contributed by atoms with Crippen LogP contribution in [-0.2, 0) is 4.79 Å². The van der Waals surface area contributed by atoms with E-state index in [2.05, 4.69) is 15.4 Å². The number of carbonyl (C=O) groups is 1. The molecule has 27 heavy (non-hydrogen) atoms. The zero-order chi connectivity index (χ0) is 19.2. The topological polar surface area (TPSA) is 94.5 Å². The number of hydrogen-bond acceptors (Lipinski definition) is 5. The molecule has 3 aromatic rings. The van der Waals surface area contributed by atoms with Crippen LogP contribution in [0.4, 0.5) is 11.6 Å². The minimum Gasteiger partial charge on any atom is -0.483 e. The van der Waals surface area contributed by atoms with Crippen molar-refractivity contribution in [1.82, 2.24) is 9.66 Å². The minimum atomic E-state index is -0.236. The van der Waals surface area contributed by atoms with E-state index in [1.165, 1.54) is 4.68 Å². The van der Waals surface area contributed by atoms with Crippen LogP contribution in [0.15, 0.2) is 59.8 Å². The Kier molecular flexibility index (Phi) is 5.51. The van der Waals surface area contributed by atoms with Crippen LogP contribution in [0.1, 0.15) is 16.8 Å². The zero-order valence-corrected chi connectivity index (χ0v) is 15.2. The van der Waals surface area contributed by atoms with Gasteiger partial charge in [-0.1, -0.05) is 29.8 Å². The molecule has 0 aliphatic carbocycles. The summed E-state index contributed by atoms with van der Waals surface area (Å²) in [5.74, 6) is 0.621. The molecule has 0 bridgehead atoms. The number of nitrogens with two attached hydrogens (primary N) is 1. The summed E-state index contributed by atoms with van der Waals surface area (Å²) in [4.78, 5) is 16.2. The maximum absolute atomic E-state index is 12.1. The number of benzene rings is 2. The summed E-state index contributed by atoms with van der Waals surface area (Å²) in [6.07, 6.45) is 3.34. The van der Waals surface area contributed by atoms with Crippen LogP contribution in [0.25, 0.3) is 0 Å². The lowest BCUT2D eigenvalue weighted by Gasteiger charge is -2.09. The predicted octanol–water partition coefficient (Wildman–Crippen LogP) is 2.98. The van der Waals surface area contributed by atoms with Gasteiger partial charge in [-0.2, -0.15) is 5.10 Å². The summed E-state index contributed by atoms with van der Waals surface area (Å²) >= 11 is 0. The van der Waals surface area contributed by atoms with Crippen molar-refractivity contribution in [3.63, 3.8) is 0 Å². The van der Waals surface area contributed by atoms with Crippen molar-refractivity contribution in [1.29, 1.82) is 0 Å². The van der Waals surface area contributed by atoms with Gasteiger partial charge in [-0.3, -0.25) is 4.79 Å². The van der Waals surface area contributed by atoms with Crippen LogP contribution in [0.5, 0.6) is 5.75 Å². The standard InChI is InChI=1S/C20H21N5O2/c1-14-7-9-17(10-8-14)24-19(26)13-27-18-6-4-3-5-16(18)11-22-25-12-15(2)23-20(25)21/h3-12H,13H2,1-2H3,(H2,21,23)(H,24,26). The molecule has 0 saturated heterocycles. The van der Waals surface area contributed by atoms with E-state index in [1.54, 1.807) is 18.5 Å². The number of ether oxygens (including phenoxy) is 1. The highest BCUT2D eigenvalue weighted by molar-refractivity contribution is 5.92. The molecule has 7 nitrogen and oxygen atoms in total. The first-order chi connectivity index (χ1) is 13.0. The van der Waals surface area contributed by atoms with Crippen molar-refractivity contribution in [2.75, 3.05) is 17.7 Å². The largest absolute Gasteiger partial charge is 0.483 e. The highest BCUT2D eigenvalue weighted by Crippen LogP contribution is 2.17. The summed E-state index contributed by atoms with van der Waals surface area (Å²) in [5.41, 5.74) is 9.15. The van der Waals surface area contributed by atoms with E-state index in [0.29, 0.717) is 11.7 Å². The van der Waals surface area contributed by atoms with Crippen LogP contribution >= 0.6 is 0 Å². The molecule has 1 aromatic heterocycles. The van der Waals surface area contributed by atoms with E-state index in [4.69, 9.17) is 10.5 Å². The fourth-order valence-electron chi connectivity index (χ4n) is 2.42. The smallest absolute Gasteiger partial charge is 0.262 e. The summed E-state index contributed by atoms with van der Waals surface area (Å²) in [6.45, 7) is 3.73. The van der Waals surface area contributed by atoms with Crippen LogP contribution in [-0.4, -0.2) is 28.4 Å². The van der Waals surface area contributed by atoms with Gasteiger partial charge in [0, 0.05) is 11.3 Å². The number of nitrogens with zero attached hydrogens (tertiary/aromatic N) is 3. The van der Waals surface area contributed by atoms with Gasteiger partial charge in [0.05, 0.1) is 18.1 Å². The van der Waals surface area contributed by atoms with E-state index in [0.717, 1.165) is 22.5 Å². The van der Waals surface area contributed by atoms with Gasteiger partial charge in [-0.15, -0.1) is 0 Å². The molecule has 0 fully saturated rings. The summed E-state index contributed by atoms with van der Waals surface area (Å²) in [5, 5.41) is 7.08. The number of aryl methyl sites for hydroxylation is 2. The Balaban J connectivity index is 1.64. The summed E-state index contributed by atoms with van der Waals surface area (Å²) < 4.78 is 7.14. The first kappa shape index (κ1) is 18.2. The Morgan fingerprint density at radius 3 is 2.67 bits per heavy atom. The van der Waals surface area contributed by atoms with E-state index >= 15 is 0 Å². The van der Waals surface area contributed by atoms with Crippen LogP contribution in [0.3, 0.4) is 0 Å². The molecule has 7 heteroatoms. The Morgan fingerprint density at radius 2 is 1.96 bits per heavy atom. The van der Waals surface area contributed by atoms with Gasteiger partial charge < -0.3 is 15.8 Å². The number of rotatable bonds is 6. The molecule has 0 aliphatic rings. The van der Waals surface area contributed by atoms with Crippen LogP contribution in [0, 0.1) is 13.8 Å². The zero-order valence-electron chi connectivity index (χ0n) is 15.2. The Hall–Kier alpha value is -3.61. The van der Waals surface area contributed by atoms with Gasteiger partial charge in [-0.05, 0) is 38.1 Å². The second kappa shape index (κ2) is 8.18. The molecular formula is C20H21N5O2. The molecule has 0 atom stereocenters.